The van der Waals surface area contributed by atoms with Gasteiger partial charge in [0.25, 0.3) is 0 Å². The molecule has 0 radical (unpaired) electrons. The van der Waals surface area contributed by atoms with E-state index in [-0.39, 0.29) is 0 Å². The van der Waals surface area contributed by atoms with Crippen LogP contribution in [0.15, 0.2) is 0 Å². The number of morpholine rings is 1. The maximum absolute atomic E-state index is 5.65. The minimum Gasteiger partial charge on any atom is -0.372 e. The van der Waals surface area contributed by atoms with Crippen molar-refractivity contribution in [1.82, 2.24) is 5.32 Å². The van der Waals surface area contributed by atoms with Gasteiger partial charge in [0, 0.05) is 12.1 Å². The Kier molecular flexibility index (Phi) is 2.32. The van der Waals surface area contributed by atoms with Crippen molar-refractivity contribution in [2.24, 2.45) is 0 Å². The third kappa shape index (κ3) is 1.50. The number of nitrogens with one attached hydrogen (secondary N) is 1. The second kappa shape index (κ2) is 2.89. The highest BCUT2D eigenvalue weighted by Crippen LogP contribution is 2.12. The highest BCUT2D eigenvalue weighted by molar-refractivity contribution is 4.82. The molecule has 0 amide bonds. The fraction of sp³-hybridized carbons (Fsp3) is 1.00. The van der Waals surface area contributed by atoms with Crippen LogP contribution in [-0.2, 0) is 4.74 Å². The van der Waals surface area contributed by atoms with Crippen molar-refractivity contribution in [2.45, 2.75) is 52.0 Å². The van der Waals surface area contributed by atoms with Crippen LogP contribution in [0, 0.1) is 0 Å². The molecule has 60 valence electrons. The lowest BCUT2D eigenvalue weighted by Gasteiger charge is -2.37. The van der Waals surface area contributed by atoms with Crippen molar-refractivity contribution in [3.63, 3.8) is 0 Å². The van der Waals surface area contributed by atoms with Gasteiger partial charge in [-0.15, -0.1) is 0 Å². The van der Waals surface area contributed by atoms with E-state index in [0.29, 0.717) is 24.3 Å². The fourth-order valence-corrected chi connectivity index (χ4v) is 1.26. The predicted molar refractivity (Wildman–Crippen MR) is 42.1 cm³/mol. The van der Waals surface area contributed by atoms with Crippen LogP contribution in [-0.4, -0.2) is 24.3 Å². The first-order valence-electron chi connectivity index (χ1n) is 4.02. The van der Waals surface area contributed by atoms with Crippen molar-refractivity contribution in [3.05, 3.63) is 0 Å². The van der Waals surface area contributed by atoms with Gasteiger partial charge in [0.2, 0.25) is 0 Å². The molecule has 2 nitrogen and oxygen atoms in total. The zero-order chi connectivity index (χ0) is 7.72. The highest BCUT2D eigenvalue weighted by Gasteiger charge is 2.26. The van der Waals surface area contributed by atoms with E-state index in [4.69, 9.17) is 4.74 Å². The summed E-state index contributed by atoms with van der Waals surface area (Å²) < 4.78 is 5.65. The van der Waals surface area contributed by atoms with Gasteiger partial charge in [0.05, 0.1) is 12.2 Å². The van der Waals surface area contributed by atoms with Gasteiger partial charge in [-0.1, -0.05) is 0 Å². The third-order valence-corrected chi connectivity index (χ3v) is 2.36. The van der Waals surface area contributed by atoms with Gasteiger partial charge in [-0.3, -0.25) is 0 Å². The first-order valence-corrected chi connectivity index (χ1v) is 4.02. The van der Waals surface area contributed by atoms with E-state index < -0.39 is 0 Å². The second-order valence-electron chi connectivity index (χ2n) is 3.29. The lowest BCUT2D eigenvalue weighted by atomic mass is 10.1. The maximum atomic E-state index is 5.65. The Labute approximate surface area is 63.0 Å². The van der Waals surface area contributed by atoms with Crippen LogP contribution in [0.5, 0.6) is 0 Å². The summed E-state index contributed by atoms with van der Waals surface area (Å²) in [4.78, 5) is 0. The largest absolute Gasteiger partial charge is 0.372 e. The van der Waals surface area contributed by atoms with Gasteiger partial charge in [-0.2, -0.15) is 0 Å². The molecule has 2 heteroatoms. The molecule has 0 spiro atoms. The van der Waals surface area contributed by atoms with Crippen molar-refractivity contribution < 1.29 is 4.74 Å². The van der Waals surface area contributed by atoms with E-state index in [0.717, 1.165) is 0 Å². The van der Waals surface area contributed by atoms with Gasteiger partial charge in [-0.25, -0.2) is 0 Å². The van der Waals surface area contributed by atoms with Gasteiger partial charge in [0.1, 0.15) is 0 Å². The molecular formula is C8H17NO. The van der Waals surface area contributed by atoms with Crippen LogP contribution >= 0.6 is 0 Å². The van der Waals surface area contributed by atoms with Crippen molar-refractivity contribution in [3.8, 4) is 0 Å². The molecule has 1 fully saturated rings. The zero-order valence-electron chi connectivity index (χ0n) is 7.22. The average molecular weight is 143 g/mol. The molecule has 1 aliphatic heterocycles. The monoisotopic (exact) mass is 143 g/mol. The van der Waals surface area contributed by atoms with E-state index >= 15 is 0 Å². The van der Waals surface area contributed by atoms with Crippen molar-refractivity contribution in [1.29, 1.82) is 0 Å². The Morgan fingerprint density at radius 1 is 0.900 bits per heavy atom. The standard InChI is InChI=1S/C8H17NO/c1-5-7(3)10-8(4)6(2)9-5/h5-9H,1-4H3/t5-,6-,7-,8-/m0/s1. The van der Waals surface area contributed by atoms with E-state index in [2.05, 4.69) is 33.0 Å². The smallest absolute Gasteiger partial charge is 0.0701 e. The Morgan fingerprint density at radius 3 is 1.60 bits per heavy atom. The van der Waals surface area contributed by atoms with E-state index in [1.54, 1.807) is 0 Å². The van der Waals surface area contributed by atoms with E-state index in [1.807, 2.05) is 0 Å². The zero-order valence-corrected chi connectivity index (χ0v) is 7.22. The molecule has 0 bridgehead atoms. The van der Waals surface area contributed by atoms with Crippen LogP contribution in [0.3, 0.4) is 0 Å². The van der Waals surface area contributed by atoms with Crippen LogP contribution in [0.2, 0.25) is 0 Å². The van der Waals surface area contributed by atoms with E-state index in [1.165, 1.54) is 0 Å². The Morgan fingerprint density at radius 2 is 1.30 bits per heavy atom. The molecule has 1 rings (SSSR count). The van der Waals surface area contributed by atoms with Crippen LogP contribution in [0.1, 0.15) is 27.7 Å². The van der Waals surface area contributed by atoms with Gasteiger partial charge in [0.15, 0.2) is 0 Å². The summed E-state index contributed by atoms with van der Waals surface area (Å²) in [6.07, 6.45) is 0.706. The van der Waals surface area contributed by atoms with Gasteiger partial charge >= 0.3 is 0 Å². The molecule has 10 heavy (non-hydrogen) atoms. The molecule has 0 aromatic carbocycles. The lowest BCUT2D eigenvalue weighted by Crippen LogP contribution is -2.54. The van der Waals surface area contributed by atoms with Gasteiger partial charge in [-0.05, 0) is 27.7 Å². The van der Waals surface area contributed by atoms with Crippen molar-refractivity contribution >= 4 is 0 Å². The Bertz CT molecular complexity index is 89.8. The summed E-state index contributed by atoms with van der Waals surface area (Å²) in [6.45, 7) is 8.54. The normalized spacial score (nSPS) is 49.2. The third-order valence-electron chi connectivity index (χ3n) is 2.36. The van der Waals surface area contributed by atoms with Crippen LogP contribution in [0.25, 0.3) is 0 Å². The molecule has 0 unspecified atom stereocenters. The van der Waals surface area contributed by atoms with Crippen molar-refractivity contribution in [2.75, 3.05) is 0 Å². The van der Waals surface area contributed by atoms with E-state index in [9.17, 15) is 0 Å². The quantitative estimate of drug-likeness (QED) is 0.549. The molecule has 0 aromatic rings. The highest BCUT2D eigenvalue weighted by atomic mass is 16.5. The van der Waals surface area contributed by atoms with Crippen LogP contribution in [0.4, 0.5) is 0 Å². The molecule has 1 heterocycles. The average Bonchev–Trinajstić information content (AvgIpc) is 1.84. The number of rotatable bonds is 0. The summed E-state index contributed by atoms with van der Waals surface area (Å²) in [5.74, 6) is 0. The number of hydrogen-bond acceptors (Lipinski definition) is 2. The first kappa shape index (κ1) is 8.02. The minimum absolute atomic E-state index is 0.353. The molecule has 0 aliphatic carbocycles. The maximum Gasteiger partial charge on any atom is 0.0701 e. The van der Waals surface area contributed by atoms with Gasteiger partial charge < -0.3 is 10.1 Å². The number of ether oxygens (including phenoxy) is 1. The lowest BCUT2D eigenvalue weighted by molar-refractivity contribution is -0.0620. The minimum atomic E-state index is 0.353. The summed E-state index contributed by atoms with van der Waals surface area (Å²) in [6, 6.07) is 0.984. The first-order chi connectivity index (χ1) is 4.61. The molecule has 0 saturated carbocycles. The fourth-order valence-electron chi connectivity index (χ4n) is 1.26. The Hall–Kier alpha value is -0.0800. The van der Waals surface area contributed by atoms with Crippen LogP contribution < -0.4 is 5.32 Å². The summed E-state index contributed by atoms with van der Waals surface area (Å²) in [5, 5.41) is 3.45. The SMILES string of the molecule is C[C@@H]1N[C@@H](C)[C@H](C)O[C@H]1C. The molecule has 1 N–H and O–H groups in total. The summed E-state index contributed by atoms with van der Waals surface area (Å²) >= 11 is 0. The predicted octanol–water partition coefficient (Wildman–Crippen LogP) is 1.16. The summed E-state index contributed by atoms with van der Waals surface area (Å²) in [5.41, 5.74) is 0. The molecule has 4 atom stereocenters. The topological polar surface area (TPSA) is 21.3 Å². The number of hydrogen-bond donors (Lipinski definition) is 1. The molecule has 1 saturated heterocycles. The summed E-state index contributed by atoms with van der Waals surface area (Å²) in [7, 11) is 0. The molecule has 1 aliphatic rings. The Balaban J connectivity index is 2.46. The second-order valence-corrected chi connectivity index (χ2v) is 3.29. The molecular weight excluding hydrogens is 126 g/mol. The molecule has 0 aromatic heterocycles.